The second-order valence-electron chi connectivity index (χ2n) is 5.54. The molecule has 0 saturated carbocycles. The quantitative estimate of drug-likeness (QED) is 0.548. The number of carboxylic acid groups (broad SMARTS) is 1. The Morgan fingerprint density at radius 1 is 1.00 bits per heavy atom. The molecule has 0 bridgehead atoms. The zero-order valence-electron chi connectivity index (χ0n) is 12.7. The number of carboxylic acids is 1. The second kappa shape index (κ2) is 8.39. The minimum Gasteiger partial charge on any atom is -0.480 e. The molecule has 0 aliphatic carbocycles. The van der Waals surface area contributed by atoms with Gasteiger partial charge in [0.1, 0.15) is 12.1 Å². The van der Waals surface area contributed by atoms with Crippen molar-refractivity contribution < 1.29 is 19.5 Å². The standard InChI is InChI=1S/C13H25N3O4/c1-7(2)6-14-11(17)9(5)15-13(20)16-10(8(3)4)12(18)19/h7-10H,6H2,1-5H3,(H,14,17)(H,18,19)(H2,15,16,20). The molecule has 0 heterocycles. The van der Waals surface area contributed by atoms with Crippen molar-refractivity contribution in [3.63, 3.8) is 0 Å². The van der Waals surface area contributed by atoms with Crippen molar-refractivity contribution >= 4 is 17.9 Å². The normalized spacial score (nSPS) is 13.8. The van der Waals surface area contributed by atoms with Crippen LogP contribution in [0.25, 0.3) is 0 Å². The summed E-state index contributed by atoms with van der Waals surface area (Å²) in [7, 11) is 0. The molecule has 0 aliphatic heterocycles. The average molecular weight is 287 g/mol. The van der Waals surface area contributed by atoms with Gasteiger partial charge in [-0.05, 0) is 18.8 Å². The summed E-state index contributed by atoms with van der Waals surface area (Å²) < 4.78 is 0. The van der Waals surface area contributed by atoms with E-state index in [2.05, 4.69) is 16.0 Å². The first-order chi connectivity index (χ1) is 9.15. The summed E-state index contributed by atoms with van der Waals surface area (Å²) in [5.74, 6) is -1.34. The monoisotopic (exact) mass is 287 g/mol. The Morgan fingerprint density at radius 2 is 1.55 bits per heavy atom. The van der Waals surface area contributed by atoms with Gasteiger partial charge in [-0.2, -0.15) is 0 Å². The largest absolute Gasteiger partial charge is 0.480 e. The molecule has 116 valence electrons. The lowest BCUT2D eigenvalue weighted by Gasteiger charge is -2.20. The molecule has 7 heteroatoms. The molecule has 0 aliphatic rings. The number of nitrogens with one attached hydrogen (secondary N) is 3. The Balaban J connectivity index is 4.31. The lowest BCUT2D eigenvalue weighted by atomic mass is 10.1. The van der Waals surface area contributed by atoms with Crippen LogP contribution < -0.4 is 16.0 Å². The van der Waals surface area contributed by atoms with Crippen LogP contribution in [0, 0.1) is 11.8 Å². The SMILES string of the molecule is CC(C)CNC(=O)C(C)NC(=O)NC(C(=O)O)C(C)C. The van der Waals surface area contributed by atoms with E-state index in [0.29, 0.717) is 12.5 Å². The smallest absolute Gasteiger partial charge is 0.326 e. The summed E-state index contributed by atoms with van der Waals surface area (Å²) >= 11 is 0. The summed E-state index contributed by atoms with van der Waals surface area (Å²) in [6.45, 7) is 9.38. The van der Waals surface area contributed by atoms with Crippen molar-refractivity contribution in [2.24, 2.45) is 11.8 Å². The Morgan fingerprint density at radius 3 is 1.95 bits per heavy atom. The first-order valence-electron chi connectivity index (χ1n) is 6.72. The second-order valence-corrected chi connectivity index (χ2v) is 5.54. The van der Waals surface area contributed by atoms with Crippen molar-refractivity contribution in [3.8, 4) is 0 Å². The van der Waals surface area contributed by atoms with Gasteiger partial charge in [-0.1, -0.05) is 27.7 Å². The van der Waals surface area contributed by atoms with Crippen molar-refractivity contribution in [1.82, 2.24) is 16.0 Å². The minimum absolute atomic E-state index is 0.247. The third-order valence-electron chi connectivity index (χ3n) is 2.64. The number of carbonyl (C=O) groups excluding carboxylic acids is 2. The Hall–Kier alpha value is -1.79. The van der Waals surface area contributed by atoms with Gasteiger partial charge in [0.2, 0.25) is 5.91 Å². The van der Waals surface area contributed by atoms with Gasteiger partial charge in [0.15, 0.2) is 0 Å². The number of hydrogen-bond donors (Lipinski definition) is 4. The Kier molecular flexibility index (Phi) is 7.64. The molecular weight excluding hydrogens is 262 g/mol. The minimum atomic E-state index is -1.10. The Labute approximate surface area is 119 Å². The van der Waals surface area contributed by atoms with Crippen LogP contribution in [0.5, 0.6) is 0 Å². The van der Waals surface area contributed by atoms with E-state index in [1.165, 1.54) is 0 Å². The van der Waals surface area contributed by atoms with Crippen LogP contribution >= 0.6 is 0 Å². The molecule has 20 heavy (non-hydrogen) atoms. The summed E-state index contributed by atoms with van der Waals surface area (Å²) in [4.78, 5) is 34.3. The van der Waals surface area contributed by atoms with Crippen molar-refractivity contribution in [3.05, 3.63) is 0 Å². The first-order valence-corrected chi connectivity index (χ1v) is 6.72. The van der Waals surface area contributed by atoms with E-state index in [1.807, 2.05) is 13.8 Å². The van der Waals surface area contributed by atoms with Gasteiger partial charge in [0, 0.05) is 6.54 Å². The number of hydrogen-bond acceptors (Lipinski definition) is 3. The van der Waals surface area contributed by atoms with Crippen LogP contribution in [0.3, 0.4) is 0 Å². The maximum atomic E-state index is 11.7. The predicted octanol–water partition coefficient (Wildman–Crippen LogP) is 0.556. The van der Waals surface area contributed by atoms with E-state index in [9.17, 15) is 14.4 Å². The molecule has 0 fully saturated rings. The van der Waals surface area contributed by atoms with Gasteiger partial charge in [-0.3, -0.25) is 4.79 Å². The van der Waals surface area contributed by atoms with Gasteiger partial charge in [-0.25, -0.2) is 9.59 Å². The molecule has 0 spiro atoms. The van der Waals surface area contributed by atoms with Crippen LogP contribution in [0.1, 0.15) is 34.6 Å². The third-order valence-corrected chi connectivity index (χ3v) is 2.64. The molecule has 0 aromatic rings. The molecule has 7 nitrogen and oxygen atoms in total. The molecule has 2 atom stereocenters. The maximum Gasteiger partial charge on any atom is 0.326 e. The van der Waals surface area contributed by atoms with Gasteiger partial charge in [0.05, 0.1) is 0 Å². The van der Waals surface area contributed by atoms with Gasteiger partial charge in [0.25, 0.3) is 0 Å². The third kappa shape index (κ3) is 6.96. The maximum absolute atomic E-state index is 11.7. The van der Waals surface area contributed by atoms with E-state index in [-0.39, 0.29) is 11.8 Å². The molecular formula is C13H25N3O4. The van der Waals surface area contributed by atoms with E-state index in [4.69, 9.17) is 5.11 Å². The lowest BCUT2D eigenvalue weighted by molar-refractivity contribution is -0.140. The topological polar surface area (TPSA) is 108 Å². The zero-order valence-corrected chi connectivity index (χ0v) is 12.7. The van der Waals surface area contributed by atoms with E-state index in [0.717, 1.165) is 0 Å². The molecule has 0 radical (unpaired) electrons. The predicted molar refractivity (Wildman–Crippen MR) is 75.2 cm³/mol. The highest BCUT2D eigenvalue weighted by Gasteiger charge is 2.24. The number of aliphatic carboxylic acids is 1. The van der Waals surface area contributed by atoms with Crippen LogP contribution in [0.15, 0.2) is 0 Å². The van der Waals surface area contributed by atoms with E-state index in [1.54, 1.807) is 20.8 Å². The molecule has 0 saturated heterocycles. The van der Waals surface area contributed by atoms with Crippen LogP contribution in [-0.2, 0) is 9.59 Å². The summed E-state index contributed by atoms with van der Waals surface area (Å²) in [5.41, 5.74) is 0. The molecule has 3 amide bonds. The summed E-state index contributed by atoms with van der Waals surface area (Å²) in [6.07, 6.45) is 0. The van der Waals surface area contributed by atoms with Gasteiger partial charge >= 0.3 is 12.0 Å². The molecule has 2 unspecified atom stereocenters. The molecule has 0 aromatic heterocycles. The number of urea groups is 1. The van der Waals surface area contributed by atoms with Crippen LogP contribution in [0.4, 0.5) is 4.79 Å². The highest BCUT2D eigenvalue weighted by molar-refractivity contribution is 5.88. The summed E-state index contributed by atoms with van der Waals surface area (Å²) in [6, 6.07) is -2.38. The fourth-order valence-corrected chi connectivity index (χ4v) is 1.42. The fraction of sp³-hybridized carbons (Fsp3) is 0.769. The fourth-order valence-electron chi connectivity index (χ4n) is 1.42. The van der Waals surface area contributed by atoms with Crippen molar-refractivity contribution in [2.75, 3.05) is 6.54 Å². The number of rotatable bonds is 7. The van der Waals surface area contributed by atoms with Crippen molar-refractivity contribution in [1.29, 1.82) is 0 Å². The number of carbonyl (C=O) groups is 3. The van der Waals surface area contributed by atoms with Gasteiger partial charge < -0.3 is 21.1 Å². The molecule has 0 aromatic carbocycles. The lowest BCUT2D eigenvalue weighted by Crippen LogP contribution is -2.53. The Bertz CT molecular complexity index is 356. The summed E-state index contributed by atoms with van der Waals surface area (Å²) in [5, 5.41) is 16.4. The van der Waals surface area contributed by atoms with E-state index >= 15 is 0 Å². The van der Waals surface area contributed by atoms with Crippen LogP contribution in [-0.4, -0.2) is 41.6 Å². The van der Waals surface area contributed by atoms with Crippen LogP contribution in [0.2, 0.25) is 0 Å². The first kappa shape index (κ1) is 18.2. The molecule has 0 rings (SSSR count). The van der Waals surface area contributed by atoms with E-state index < -0.39 is 24.1 Å². The number of amides is 3. The highest BCUT2D eigenvalue weighted by Crippen LogP contribution is 2.01. The van der Waals surface area contributed by atoms with Crippen molar-refractivity contribution in [2.45, 2.75) is 46.7 Å². The molecule has 4 N–H and O–H groups in total. The zero-order chi connectivity index (χ0) is 15.9. The average Bonchev–Trinajstić information content (AvgIpc) is 2.31. The van der Waals surface area contributed by atoms with Gasteiger partial charge in [-0.15, -0.1) is 0 Å². The highest BCUT2D eigenvalue weighted by atomic mass is 16.4.